The van der Waals surface area contributed by atoms with Crippen molar-refractivity contribution in [3.05, 3.63) is 47.8 Å². The quantitative estimate of drug-likeness (QED) is 0.458. The Morgan fingerprint density at radius 3 is 2.74 bits per heavy atom. The zero-order valence-electron chi connectivity index (χ0n) is 19.3. The molecule has 0 amide bonds. The van der Waals surface area contributed by atoms with Gasteiger partial charge in [0.25, 0.3) is 0 Å². The number of fused-ring (bicyclic) bond motifs is 5. The maximum atomic E-state index is 5.46. The number of rotatable bonds is 3. The van der Waals surface area contributed by atoms with E-state index in [4.69, 9.17) is 12.2 Å². The number of hydrogen-bond donors (Lipinski definition) is 2. The second-order valence-corrected chi connectivity index (χ2v) is 11.2. The molecule has 0 spiro atoms. The van der Waals surface area contributed by atoms with Crippen LogP contribution in [0.15, 0.2) is 42.3 Å². The molecule has 4 aliphatic rings. The number of allylic oxidation sites excluding steroid dienone is 3. The van der Waals surface area contributed by atoms with E-state index in [1.54, 1.807) is 11.1 Å². The van der Waals surface area contributed by atoms with Crippen molar-refractivity contribution in [2.75, 3.05) is 6.54 Å². The molecule has 3 nitrogen and oxygen atoms in total. The van der Waals surface area contributed by atoms with E-state index in [1.165, 1.54) is 44.1 Å². The van der Waals surface area contributed by atoms with Crippen LogP contribution in [0, 0.1) is 28.6 Å². The highest BCUT2D eigenvalue weighted by atomic mass is 32.1. The van der Waals surface area contributed by atoms with Gasteiger partial charge in [-0.05, 0) is 110 Å². The summed E-state index contributed by atoms with van der Waals surface area (Å²) in [5.41, 5.74) is 5.29. The van der Waals surface area contributed by atoms with Gasteiger partial charge in [-0.15, -0.1) is 0 Å². The van der Waals surface area contributed by atoms with E-state index in [-0.39, 0.29) is 0 Å². The Bertz CT molecular complexity index is 906. The third kappa shape index (κ3) is 3.46. The predicted molar refractivity (Wildman–Crippen MR) is 132 cm³/mol. The van der Waals surface area contributed by atoms with Crippen LogP contribution < -0.4 is 10.6 Å². The van der Waals surface area contributed by atoms with Gasteiger partial charge in [-0.2, -0.15) is 0 Å². The number of hydrogen-bond acceptors (Lipinski definition) is 2. The summed E-state index contributed by atoms with van der Waals surface area (Å²) in [5.74, 6) is 2.41. The summed E-state index contributed by atoms with van der Waals surface area (Å²) in [4.78, 5) is 4.41. The summed E-state index contributed by atoms with van der Waals surface area (Å²) < 4.78 is 0. The molecule has 0 unspecified atom stereocenters. The first-order valence-electron chi connectivity index (χ1n) is 12.3. The Labute approximate surface area is 193 Å². The molecule has 0 aromatic carbocycles. The molecule has 4 heteroatoms. The van der Waals surface area contributed by atoms with Crippen molar-refractivity contribution in [3.8, 4) is 0 Å². The molecule has 2 saturated carbocycles. The van der Waals surface area contributed by atoms with E-state index in [2.05, 4.69) is 66.9 Å². The third-order valence-corrected chi connectivity index (χ3v) is 9.59. The van der Waals surface area contributed by atoms with Crippen molar-refractivity contribution in [1.82, 2.24) is 15.6 Å². The first-order chi connectivity index (χ1) is 15.0. The lowest BCUT2D eigenvalue weighted by molar-refractivity contribution is -0.0118. The molecule has 1 aromatic heterocycles. The first kappa shape index (κ1) is 21.2. The molecule has 166 valence electrons. The fraction of sp³-hybridized carbons (Fsp3) is 0.630. The highest BCUT2D eigenvalue weighted by Crippen LogP contribution is 2.66. The monoisotopic (exact) mass is 435 g/mol. The van der Waals surface area contributed by atoms with Crippen molar-refractivity contribution < 1.29 is 0 Å². The van der Waals surface area contributed by atoms with Gasteiger partial charge in [0.05, 0.1) is 0 Å². The molecule has 0 radical (unpaired) electrons. The maximum absolute atomic E-state index is 5.46. The van der Waals surface area contributed by atoms with Crippen LogP contribution in [0.4, 0.5) is 0 Å². The molecular weight excluding hydrogens is 398 g/mol. The van der Waals surface area contributed by atoms with Crippen molar-refractivity contribution in [3.63, 3.8) is 0 Å². The lowest BCUT2D eigenvalue weighted by Crippen LogP contribution is -2.52. The van der Waals surface area contributed by atoms with Crippen molar-refractivity contribution in [2.45, 2.75) is 71.8 Å². The Morgan fingerprint density at radius 2 is 1.97 bits per heavy atom. The Kier molecular flexibility index (Phi) is 5.48. The van der Waals surface area contributed by atoms with Gasteiger partial charge in [0.1, 0.15) is 0 Å². The number of nitrogens with zero attached hydrogens (tertiary/aromatic N) is 1. The minimum absolute atomic E-state index is 0.308. The summed E-state index contributed by atoms with van der Waals surface area (Å²) in [5, 5.41) is 7.65. The van der Waals surface area contributed by atoms with E-state index in [0.717, 1.165) is 35.8 Å². The smallest absolute Gasteiger partial charge is 0.166 e. The molecular formula is C27H37N3S. The first-order valence-corrected chi connectivity index (χ1v) is 12.7. The van der Waals surface area contributed by atoms with Gasteiger partial charge < -0.3 is 10.6 Å². The Balaban J connectivity index is 1.35. The standard InChI is InChI=1S/C27H37N3S/c1-4-29-25(31)30-20-11-13-26(2)19(16-20)7-8-21-23-10-9-22(18-6-5-15-28-17-18)27(23,3)14-12-24(21)26/h5-7,9,15,17,20-21,23-24H,4,8,10-14,16H2,1-3H3,(H2,29,30,31)/t20-,21+,23+,24+,26+,27-/m1/s1. The van der Waals surface area contributed by atoms with Gasteiger partial charge >= 0.3 is 0 Å². The molecule has 1 aromatic rings. The molecule has 31 heavy (non-hydrogen) atoms. The minimum Gasteiger partial charge on any atom is -0.363 e. The van der Waals surface area contributed by atoms with Crippen LogP contribution in [0.25, 0.3) is 5.57 Å². The minimum atomic E-state index is 0.308. The average molecular weight is 436 g/mol. The van der Waals surface area contributed by atoms with Crippen LogP contribution in [-0.2, 0) is 0 Å². The van der Waals surface area contributed by atoms with Crippen LogP contribution in [0.2, 0.25) is 0 Å². The third-order valence-electron chi connectivity index (χ3n) is 9.33. The van der Waals surface area contributed by atoms with Crippen LogP contribution in [0.1, 0.15) is 71.3 Å². The largest absolute Gasteiger partial charge is 0.363 e. The molecule has 5 rings (SSSR count). The summed E-state index contributed by atoms with van der Waals surface area (Å²) >= 11 is 5.46. The second-order valence-electron chi connectivity index (χ2n) is 10.8. The molecule has 0 aliphatic heterocycles. The molecule has 0 saturated heterocycles. The van der Waals surface area contributed by atoms with Crippen molar-refractivity contribution in [1.29, 1.82) is 0 Å². The van der Waals surface area contributed by atoms with Crippen molar-refractivity contribution in [2.24, 2.45) is 28.6 Å². The lowest BCUT2D eigenvalue weighted by Gasteiger charge is -2.58. The topological polar surface area (TPSA) is 37.0 Å². The molecule has 6 atom stereocenters. The van der Waals surface area contributed by atoms with E-state index in [1.807, 2.05) is 6.20 Å². The highest BCUT2D eigenvalue weighted by molar-refractivity contribution is 7.80. The molecule has 1 heterocycles. The molecule has 2 N–H and O–H groups in total. The zero-order valence-corrected chi connectivity index (χ0v) is 20.1. The summed E-state index contributed by atoms with van der Waals surface area (Å²) in [6.07, 6.45) is 18.0. The lowest BCUT2D eigenvalue weighted by atomic mass is 9.47. The molecule has 4 aliphatic carbocycles. The zero-order chi connectivity index (χ0) is 21.6. The van der Waals surface area contributed by atoms with Crippen LogP contribution in [0.3, 0.4) is 0 Å². The van der Waals surface area contributed by atoms with Crippen LogP contribution in [0.5, 0.6) is 0 Å². The fourth-order valence-electron chi connectivity index (χ4n) is 7.72. The van der Waals surface area contributed by atoms with Gasteiger partial charge in [-0.3, -0.25) is 4.98 Å². The van der Waals surface area contributed by atoms with Gasteiger partial charge in [-0.1, -0.05) is 37.6 Å². The van der Waals surface area contributed by atoms with E-state index >= 15 is 0 Å². The second kappa shape index (κ2) is 8.03. The average Bonchev–Trinajstić information content (AvgIpc) is 3.12. The van der Waals surface area contributed by atoms with Gasteiger partial charge in [0.2, 0.25) is 0 Å². The van der Waals surface area contributed by atoms with Crippen molar-refractivity contribution >= 4 is 22.9 Å². The van der Waals surface area contributed by atoms with Crippen LogP contribution >= 0.6 is 12.2 Å². The number of aromatic nitrogens is 1. The number of nitrogens with one attached hydrogen (secondary N) is 2. The van der Waals surface area contributed by atoms with E-state index < -0.39 is 0 Å². The predicted octanol–water partition coefficient (Wildman–Crippen LogP) is 5.89. The highest BCUT2D eigenvalue weighted by Gasteiger charge is 2.56. The number of pyridine rings is 1. The summed E-state index contributed by atoms with van der Waals surface area (Å²) in [7, 11) is 0. The summed E-state index contributed by atoms with van der Waals surface area (Å²) in [6.45, 7) is 8.12. The Hall–Kier alpha value is -1.68. The maximum Gasteiger partial charge on any atom is 0.166 e. The van der Waals surface area contributed by atoms with E-state index in [9.17, 15) is 0 Å². The normalized spacial score (nSPS) is 38.8. The molecule has 2 fully saturated rings. The molecule has 0 bridgehead atoms. The fourth-order valence-corrected chi connectivity index (χ4v) is 8.03. The van der Waals surface area contributed by atoms with E-state index in [0.29, 0.717) is 16.9 Å². The summed E-state index contributed by atoms with van der Waals surface area (Å²) in [6, 6.07) is 4.83. The van der Waals surface area contributed by atoms with Gasteiger partial charge in [0.15, 0.2) is 5.11 Å². The number of thiocarbonyl (C=S) groups is 1. The SMILES string of the molecule is CCNC(=S)N[C@@H]1CC[C@@]2(C)C(=CC[C@@H]3[C@@H]2CC[C@]2(C)C(c4cccnc4)=CC[C@@H]32)C1. The van der Waals surface area contributed by atoms with Gasteiger partial charge in [0, 0.05) is 25.0 Å². The van der Waals surface area contributed by atoms with Crippen LogP contribution in [-0.4, -0.2) is 22.7 Å². The Morgan fingerprint density at radius 1 is 1.13 bits per heavy atom. The van der Waals surface area contributed by atoms with Gasteiger partial charge in [-0.25, -0.2) is 0 Å².